The Labute approximate surface area is 81.2 Å². The molecule has 0 aromatic rings. The largest absolute Gasteiger partial charge is 0.396 e. The minimum absolute atomic E-state index is 0.192. The van der Waals surface area contributed by atoms with E-state index in [2.05, 4.69) is 26.5 Å². The second-order valence-corrected chi connectivity index (χ2v) is 4.39. The normalized spacial score (nSPS) is 29.5. The first-order chi connectivity index (χ1) is 6.12. The molecule has 1 aliphatic carbocycles. The quantitative estimate of drug-likeness (QED) is 0.662. The van der Waals surface area contributed by atoms with Crippen LogP contribution in [0, 0.1) is 11.3 Å². The summed E-state index contributed by atoms with van der Waals surface area (Å²) in [4.78, 5) is 0. The molecule has 74 valence electrons. The number of allylic oxidation sites excluding steroid dienone is 3. The topological polar surface area (TPSA) is 20.2 Å². The van der Waals surface area contributed by atoms with E-state index in [1.165, 1.54) is 5.57 Å². The summed E-state index contributed by atoms with van der Waals surface area (Å²) in [5.74, 6) is 0.448. The number of aliphatic hydroxyl groups excluding tert-OH is 1. The molecule has 1 unspecified atom stereocenters. The Balaban J connectivity index is 2.74. The minimum Gasteiger partial charge on any atom is -0.396 e. The fraction of sp³-hybridized carbons (Fsp3) is 0.667. The van der Waals surface area contributed by atoms with Gasteiger partial charge in [0.1, 0.15) is 0 Å². The van der Waals surface area contributed by atoms with Gasteiger partial charge < -0.3 is 5.11 Å². The lowest BCUT2D eigenvalue weighted by Crippen LogP contribution is -2.22. The summed E-state index contributed by atoms with van der Waals surface area (Å²) in [5.41, 5.74) is 1.68. The lowest BCUT2D eigenvalue weighted by molar-refractivity contribution is 0.162. The highest BCUT2D eigenvalue weighted by Gasteiger charge is 2.37. The fourth-order valence-corrected chi connectivity index (χ4v) is 2.19. The number of hydrogen-bond donors (Lipinski definition) is 1. The number of hydrogen-bond acceptors (Lipinski definition) is 1. The number of aliphatic hydroxyl groups is 1. The predicted molar refractivity (Wildman–Crippen MR) is 56.5 cm³/mol. The molecule has 0 aromatic heterocycles. The van der Waals surface area contributed by atoms with Gasteiger partial charge in [-0.05, 0) is 30.6 Å². The molecule has 1 nitrogen and oxygen atoms in total. The molecule has 1 rings (SSSR count). The molecule has 13 heavy (non-hydrogen) atoms. The molecule has 0 aromatic carbocycles. The summed E-state index contributed by atoms with van der Waals surface area (Å²) in [6.07, 6.45) is 7.42. The van der Waals surface area contributed by atoms with Crippen LogP contribution in [0.3, 0.4) is 0 Å². The molecule has 0 aliphatic heterocycles. The van der Waals surface area contributed by atoms with Crippen LogP contribution in [0.2, 0.25) is 0 Å². The maximum atomic E-state index is 9.20. The van der Waals surface area contributed by atoms with Crippen molar-refractivity contribution in [3.05, 3.63) is 24.3 Å². The summed E-state index contributed by atoms with van der Waals surface area (Å²) >= 11 is 0. The van der Waals surface area contributed by atoms with Crippen LogP contribution in [0.1, 0.15) is 33.1 Å². The summed E-state index contributed by atoms with van der Waals surface area (Å²) in [6, 6.07) is 0. The molecule has 0 spiro atoms. The van der Waals surface area contributed by atoms with E-state index < -0.39 is 0 Å². The van der Waals surface area contributed by atoms with Crippen LogP contribution in [0.15, 0.2) is 24.3 Å². The Morgan fingerprint density at radius 1 is 1.62 bits per heavy atom. The molecule has 0 heterocycles. The van der Waals surface area contributed by atoms with Gasteiger partial charge in [0.15, 0.2) is 0 Å². The van der Waals surface area contributed by atoms with E-state index in [4.69, 9.17) is 0 Å². The average Bonchev–Trinajstić information content (AvgIpc) is 2.37. The first kappa shape index (κ1) is 10.5. The van der Waals surface area contributed by atoms with Crippen LogP contribution in [-0.4, -0.2) is 11.7 Å². The van der Waals surface area contributed by atoms with Crippen molar-refractivity contribution in [1.82, 2.24) is 0 Å². The van der Waals surface area contributed by atoms with Gasteiger partial charge in [-0.2, -0.15) is 0 Å². The van der Waals surface area contributed by atoms with E-state index in [1.807, 2.05) is 6.08 Å². The third-order valence-electron chi connectivity index (χ3n) is 3.36. The van der Waals surface area contributed by atoms with Crippen molar-refractivity contribution in [2.75, 3.05) is 6.61 Å². The van der Waals surface area contributed by atoms with Crippen molar-refractivity contribution in [2.45, 2.75) is 33.1 Å². The summed E-state index contributed by atoms with van der Waals surface area (Å²) < 4.78 is 0. The molecular formula is C12H20O. The molecule has 1 atom stereocenters. The highest BCUT2D eigenvalue weighted by Crippen LogP contribution is 2.46. The zero-order valence-corrected chi connectivity index (χ0v) is 8.71. The van der Waals surface area contributed by atoms with Crippen LogP contribution < -0.4 is 0 Å². The van der Waals surface area contributed by atoms with Gasteiger partial charge in [0.25, 0.3) is 0 Å². The van der Waals surface area contributed by atoms with Crippen molar-refractivity contribution in [1.29, 1.82) is 0 Å². The SMILES string of the molecule is C=CC/C=C1\CCC(CO)C1(C)C. The van der Waals surface area contributed by atoms with E-state index in [1.54, 1.807) is 0 Å². The van der Waals surface area contributed by atoms with E-state index in [0.29, 0.717) is 12.5 Å². The van der Waals surface area contributed by atoms with Crippen molar-refractivity contribution in [3.8, 4) is 0 Å². The molecule has 1 N–H and O–H groups in total. The Kier molecular flexibility index (Phi) is 3.32. The third kappa shape index (κ3) is 2.02. The van der Waals surface area contributed by atoms with Crippen molar-refractivity contribution in [3.63, 3.8) is 0 Å². The van der Waals surface area contributed by atoms with Gasteiger partial charge in [-0.1, -0.05) is 31.6 Å². The summed E-state index contributed by atoms with van der Waals surface area (Å²) in [7, 11) is 0. The minimum atomic E-state index is 0.192. The molecule has 1 heteroatoms. The zero-order valence-electron chi connectivity index (χ0n) is 8.71. The highest BCUT2D eigenvalue weighted by atomic mass is 16.3. The molecule has 0 radical (unpaired) electrons. The first-order valence-electron chi connectivity index (χ1n) is 5.04. The van der Waals surface area contributed by atoms with Crippen LogP contribution in [0.4, 0.5) is 0 Å². The van der Waals surface area contributed by atoms with E-state index >= 15 is 0 Å². The Morgan fingerprint density at radius 3 is 2.77 bits per heavy atom. The Hall–Kier alpha value is -0.560. The zero-order chi connectivity index (χ0) is 9.90. The molecule has 1 fully saturated rings. The van der Waals surface area contributed by atoms with Gasteiger partial charge in [-0.15, -0.1) is 6.58 Å². The first-order valence-corrected chi connectivity index (χ1v) is 5.04. The predicted octanol–water partition coefficient (Wildman–Crippen LogP) is 2.92. The van der Waals surface area contributed by atoms with Crippen LogP contribution in [-0.2, 0) is 0 Å². The lowest BCUT2D eigenvalue weighted by Gasteiger charge is -2.27. The number of rotatable bonds is 3. The van der Waals surface area contributed by atoms with Crippen molar-refractivity contribution in [2.24, 2.45) is 11.3 Å². The van der Waals surface area contributed by atoms with Crippen molar-refractivity contribution >= 4 is 0 Å². The lowest BCUT2D eigenvalue weighted by atomic mass is 9.79. The Morgan fingerprint density at radius 2 is 2.31 bits per heavy atom. The van der Waals surface area contributed by atoms with Crippen molar-refractivity contribution < 1.29 is 5.11 Å². The van der Waals surface area contributed by atoms with Gasteiger partial charge >= 0.3 is 0 Å². The second kappa shape index (κ2) is 4.10. The highest BCUT2D eigenvalue weighted by molar-refractivity contribution is 5.19. The van der Waals surface area contributed by atoms with Gasteiger partial charge in [-0.3, -0.25) is 0 Å². The molecular weight excluding hydrogens is 160 g/mol. The van der Waals surface area contributed by atoms with Gasteiger partial charge in [0, 0.05) is 6.61 Å². The molecule has 0 amide bonds. The van der Waals surface area contributed by atoms with E-state index in [-0.39, 0.29) is 5.41 Å². The summed E-state index contributed by atoms with van der Waals surface area (Å²) in [6.45, 7) is 8.50. The average molecular weight is 180 g/mol. The maximum Gasteiger partial charge on any atom is 0.0467 e. The van der Waals surface area contributed by atoms with Crippen LogP contribution >= 0.6 is 0 Å². The Bertz CT molecular complexity index is 213. The standard InChI is InChI=1S/C12H20O/c1-4-5-6-10-7-8-11(9-13)12(10,2)3/h4,6,11,13H,1,5,7-9H2,2-3H3/b10-6+. The van der Waals surface area contributed by atoms with E-state index in [0.717, 1.165) is 19.3 Å². The van der Waals surface area contributed by atoms with Gasteiger partial charge in [-0.25, -0.2) is 0 Å². The van der Waals surface area contributed by atoms with Gasteiger partial charge in [0.2, 0.25) is 0 Å². The molecule has 1 saturated carbocycles. The summed E-state index contributed by atoms with van der Waals surface area (Å²) in [5, 5.41) is 9.20. The van der Waals surface area contributed by atoms with Gasteiger partial charge in [0.05, 0.1) is 0 Å². The fourth-order valence-electron chi connectivity index (χ4n) is 2.19. The third-order valence-corrected chi connectivity index (χ3v) is 3.36. The van der Waals surface area contributed by atoms with Crippen LogP contribution in [0.25, 0.3) is 0 Å². The van der Waals surface area contributed by atoms with Crippen LogP contribution in [0.5, 0.6) is 0 Å². The molecule has 0 bridgehead atoms. The molecule has 1 aliphatic rings. The van der Waals surface area contributed by atoms with E-state index in [9.17, 15) is 5.11 Å². The smallest absolute Gasteiger partial charge is 0.0467 e. The monoisotopic (exact) mass is 180 g/mol. The maximum absolute atomic E-state index is 9.20. The second-order valence-electron chi connectivity index (χ2n) is 4.39. The molecule has 0 saturated heterocycles.